The number of hydrogen-bond acceptors (Lipinski definition) is 5. The standard InChI is InChI=1S/C13H22N2O4S/c1-4-14-9-11-5-6-13(19-11)20(16,17)15(3)12-7-8-18-10(12)2/h5-6,10,12,14H,4,7-9H2,1-3H3. The van der Waals surface area contributed by atoms with Crippen LogP contribution in [0.4, 0.5) is 0 Å². The van der Waals surface area contributed by atoms with Gasteiger partial charge in [-0.1, -0.05) is 6.92 Å². The number of sulfonamides is 1. The minimum absolute atomic E-state index is 0.00740. The summed E-state index contributed by atoms with van der Waals surface area (Å²) in [6.45, 7) is 5.80. The molecule has 1 fully saturated rings. The topological polar surface area (TPSA) is 71.8 Å². The Hall–Kier alpha value is -0.890. The number of ether oxygens (including phenoxy) is 1. The van der Waals surface area contributed by atoms with Crippen LogP contribution in [-0.4, -0.2) is 45.1 Å². The van der Waals surface area contributed by atoms with E-state index >= 15 is 0 Å². The maximum absolute atomic E-state index is 12.5. The molecule has 0 aromatic carbocycles. The van der Waals surface area contributed by atoms with Crippen molar-refractivity contribution in [2.24, 2.45) is 0 Å². The minimum Gasteiger partial charge on any atom is -0.447 e. The minimum atomic E-state index is -3.60. The van der Waals surface area contributed by atoms with Crippen LogP contribution in [0.25, 0.3) is 0 Å². The van der Waals surface area contributed by atoms with E-state index in [2.05, 4.69) is 5.32 Å². The number of nitrogens with one attached hydrogen (secondary N) is 1. The number of nitrogens with zero attached hydrogens (tertiary/aromatic N) is 1. The molecule has 0 spiro atoms. The molecule has 1 aromatic heterocycles. The second-order valence-electron chi connectivity index (χ2n) is 4.95. The average Bonchev–Trinajstić information content (AvgIpc) is 3.04. The van der Waals surface area contributed by atoms with Gasteiger partial charge in [-0.25, -0.2) is 8.42 Å². The maximum Gasteiger partial charge on any atom is 0.276 e. The van der Waals surface area contributed by atoms with Crippen molar-refractivity contribution >= 4 is 10.0 Å². The van der Waals surface area contributed by atoms with E-state index in [0.29, 0.717) is 25.3 Å². The molecule has 2 atom stereocenters. The van der Waals surface area contributed by atoms with Gasteiger partial charge in [0, 0.05) is 13.7 Å². The molecule has 1 N–H and O–H groups in total. The second kappa shape index (κ2) is 6.26. The Morgan fingerprint density at radius 3 is 2.80 bits per heavy atom. The highest BCUT2D eigenvalue weighted by Gasteiger charge is 2.36. The average molecular weight is 302 g/mol. The summed E-state index contributed by atoms with van der Waals surface area (Å²) in [7, 11) is -2.02. The molecule has 0 radical (unpaired) electrons. The van der Waals surface area contributed by atoms with E-state index in [-0.39, 0.29) is 17.2 Å². The molecule has 2 rings (SSSR count). The lowest BCUT2D eigenvalue weighted by Gasteiger charge is -2.24. The summed E-state index contributed by atoms with van der Waals surface area (Å²) in [6, 6.07) is 3.07. The van der Waals surface area contributed by atoms with Crippen molar-refractivity contribution in [3.05, 3.63) is 17.9 Å². The molecule has 1 aliphatic heterocycles. The van der Waals surface area contributed by atoms with Crippen LogP contribution in [0.2, 0.25) is 0 Å². The largest absolute Gasteiger partial charge is 0.447 e. The Labute approximate surface area is 120 Å². The fraction of sp³-hybridized carbons (Fsp3) is 0.692. The lowest BCUT2D eigenvalue weighted by molar-refractivity contribution is 0.102. The molecule has 0 amide bonds. The van der Waals surface area contributed by atoms with Crippen LogP contribution in [-0.2, 0) is 21.3 Å². The Bertz CT molecular complexity index is 540. The molecule has 2 unspecified atom stereocenters. The molecular formula is C13H22N2O4S. The van der Waals surface area contributed by atoms with Crippen LogP contribution in [0, 0.1) is 0 Å². The van der Waals surface area contributed by atoms with Gasteiger partial charge in [-0.3, -0.25) is 0 Å². The normalized spacial score (nSPS) is 23.6. The first-order valence-corrected chi connectivity index (χ1v) is 8.30. The van der Waals surface area contributed by atoms with Crippen LogP contribution >= 0.6 is 0 Å². The van der Waals surface area contributed by atoms with E-state index in [9.17, 15) is 8.42 Å². The third-order valence-corrected chi connectivity index (χ3v) is 5.38. The fourth-order valence-corrected chi connectivity index (χ4v) is 3.73. The lowest BCUT2D eigenvalue weighted by Crippen LogP contribution is -2.40. The zero-order valence-corrected chi connectivity index (χ0v) is 12.9. The first-order valence-electron chi connectivity index (χ1n) is 6.86. The molecule has 114 valence electrons. The van der Waals surface area contributed by atoms with Gasteiger partial charge in [-0.05, 0) is 32.0 Å². The summed E-state index contributed by atoms with van der Waals surface area (Å²) >= 11 is 0. The highest BCUT2D eigenvalue weighted by molar-refractivity contribution is 7.89. The molecule has 20 heavy (non-hydrogen) atoms. The van der Waals surface area contributed by atoms with Crippen molar-refractivity contribution in [1.82, 2.24) is 9.62 Å². The Morgan fingerprint density at radius 2 is 2.20 bits per heavy atom. The van der Waals surface area contributed by atoms with Crippen LogP contribution in [0.3, 0.4) is 0 Å². The monoisotopic (exact) mass is 302 g/mol. The van der Waals surface area contributed by atoms with Crippen molar-refractivity contribution in [3.8, 4) is 0 Å². The van der Waals surface area contributed by atoms with E-state index in [1.54, 1.807) is 13.1 Å². The molecule has 1 aromatic rings. The molecule has 0 aliphatic carbocycles. The molecular weight excluding hydrogens is 280 g/mol. The van der Waals surface area contributed by atoms with Crippen LogP contribution in [0.1, 0.15) is 26.0 Å². The van der Waals surface area contributed by atoms with E-state index in [4.69, 9.17) is 9.15 Å². The van der Waals surface area contributed by atoms with Crippen molar-refractivity contribution < 1.29 is 17.6 Å². The van der Waals surface area contributed by atoms with Gasteiger partial charge in [-0.15, -0.1) is 0 Å². The molecule has 1 saturated heterocycles. The zero-order chi connectivity index (χ0) is 14.8. The highest BCUT2D eigenvalue weighted by atomic mass is 32.2. The van der Waals surface area contributed by atoms with Crippen LogP contribution in [0.15, 0.2) is 21.6 Å². The molecule has 2 heterocycles. The van der Waals surface area contributed by atoms with Gasteiger partial charge in [-0.2, -0.15) is 4.31 Å². The van der Waals surface area contributed by atoms with E-state index in [1.807, 2.05) is 13.8 Å². The quantitative estimate of drug-likeness (QED) is 0.854. The smallest absolute Gasteiger partial charge is 0.276 e. The number of hydrogen-bond donors (Lipinski definition) is 1. The van der Waals surface area contributed by atoms with Gasteiger partial charge in [0.05, 0.1) is 18.7 Å². The van der Waals surface area contributed by atoms with Gasteiger partial charge in [0.25, 0.3) is 10.0 Å². The Morgan fingerprint density at radius 1 is 1.45 bits per heavy atom. The van der Waals surface area contributed by atoms with Crippen molar-refractivity contribution in [2.45, 2.75) is 44.1 Å². The lowest BCUT2D eigenvalue weighted by atomic mass is 10.2. The van der Waals surface area contributed by atoms with Crippen molar-refractivity contribution in [1.29, 1.82) is 0 Å². The number of rotatable bonds is 6. The predicted octanol–water partition coefficient (Wildman–Crippen LogP) is 1.19. The maximum atomic E-state index is 12.5. The van der Waals surface area contributed by atoms with E-state index in [0.717, 1.165) is 6.54 Å². The van der Waals surface area contributed by atoms with Crippen molar-refractivity contribution in [2.75, 3.05) is 20.2 Å². The first-order chi connectivity index (χ1) is 9.46. The van der Waals surface area contributed by atoms with Gasteiger partial charge in [0.1, 0.15) is 5.76 Å². The zero-order valence-electron chi connectivity index (χ0n) is 12.1. The summed E-state index contributed by atoms with van der Waals surface area (Å²) < 4.78 is 37.2. The van der Waals surface area contributed by atoms with E-state index in [1.165, 1.54) is 10.4 Å². The number of furan rings is 1. The summed E-state index contributed by atoms with van der Waals surface area (Å²) in [6.07, 6.45) is 0.618. The Kier molecular flexibility index (Phi) is 4.85. The first kappa shape index (κ1) is 15.5. The summed E-state index contributed by atoms with van der Waals surface area (Å²) in [4.78, 5) is 0. The Balaban J connectivity index is 2.15. The molecule has 0 saturated carbocycles. The van der Waals surface area contributed by atoms with Gasteiger partial charge < -0.3 is 14.5 Å². The highest BCUT2D eigenvalue weighted by Crippen LogP contribution is 2.25. The molecule has 0 bridgehead atoms. The van der Waals surface area contributed by atoms with Gasteiger partial charge in [0.15, 0.2) is 0 Å². The van der Waals surface area contributed by atoms with Crippen LogP contribution in [0.5, 0.6) is 0 Å². The third-order valence-electron chi connectivity index (χ3n) is 3.62. The predicted molar refractivity (Wildman–Crippen MR) is 74.9 cm³/mol. The fourth-order valence-electron chi connectivity index (χ4n) is 2.36. The molecule has 6 nitrogen and oxygen atoms in total. The van der Waals surface area contributed by atoms with Gasteiger partial charge in [0.2, 0.25) is 5.09 Å². The summed E-state index contributed by atoms with van der Waals surface area (Å²) in [5, 5.41) is 3.09. The molecule has 1 aliphatic rings. The second-order valence-corrected chi connectivity index (χ2v) is 6.88. The molecule has 7 heteroatoms. The number of likely N-dealkylation sites (N-methyl/N-ethyl adjacent to an activating group) is 1. The van der Waals surface area contributed by atoms with Gasteiger partial charge >= 0.3 is 0 Å². The summed E-state index contributed by atoms with van der Waals surface area (Å²) in [5.41, 5.74) is 0. The van der Waals surface area contributed by atoms with E-state index < -0.39 is 10.0 Å². The SMILES string of the molecule is CCNCc1ccc(S(=O)(=O)N(C)C2CCOC2C)o1. The third kappa shape index (κ3) is 3.06. The van der Waals surface area contributed by atoms with Crippen LogP contribution < -0.4 is 5.32 Å². The van der Waals surface area contributed by atoms with Crippen molar-refractivity contribution in [3.63, 3.8) is 0 Å². The summed E-state index contributed by atoms with van der Waals surface area (Å²) in [5.74, 6) is 0.620.